The SMILES string of the molecule is COc1cc(NC(=O)c2ccccc2)c(OC)cc1NC(=O)CN1CCC(C)CC1. The highest BCUT2D eigenvalue weighted by atomic mass is 16.5. The van der Waals surface area contributed by atoms with Crippen molar-refractivity contribution in [2.75, 3.05) is 44.5 Å². The number of methoxy groups -OCH3 is 2. The van der Waals surface area contributed by atoms with Crippen LogP contribution in [0.2, 0.25) is 0 Å². The Balaban J connectivity index is 1.72. The van der Waals surface area contributed by atoms with Gasteiger partial charge in [0.25, 0.3) is 5.91 Å². The molecule has 0 atom stereocenters. The molecule has 0 saturated carbocycles. The molecule has 1 saturated heterocycles. The summed E-state index contributed by atoms with van der Waals surface area (Å²) in [4.78, 5) is 27.2. The second kappa shape index (κ2) is 10.1. The van der Waals surface area contributed by atoms with E-state index in [0.717, 1.165) is 25.9 Å². The molecule has 0 bridgehead atoms. The molecule has 7 nitrogen and oxygen atoms in total. The van der Waals surface area contributed by atoms with Crippen LogP contribution in [0.25, 0.3) is 0 Å². The second-order valence-electron chi connectivity index (χ2n) is 7.58. The van der Waals surface area contributed by atoms with Gasteiger partial charge in [0, 0.05) is 17.7 Å². The fraction of sp³-hybridized carbons (Fsp3) is 0.391. The average Bonchev–Trinajstić information content (AvgIpc) is 2.76. The van der Waals surface area contributed by atoms with Crippen molar-refractivity contribution >= 4 is 23.2 Å². The molecule has 1 aliphatic rings. The van der Waals surface area contributed by atoms with Gasteiger partial charge in [0.1, 0.15) is 11.5 Å². The van der Waals surface area contributed by atoms with Crippen molar-refractivity contribution in [1.29, 1.82) is 0 Å². The Bertz CT molecular complexity index is 878. The van der Waals surface area contributed by atoms with Crippen LogP contribution in [0.5, 0.6) is 11.5 Å². The van der Waals surface area contributed by atoms with Gasteiger partial charge in [-0.1, -0.05) is 25.1 Å². The number of benzene rings is 2. The number of hydrogen-bond acceptors (Lipinski definition) is 5. The number of anilines is 2. The predicted molar refractivity (Wildman–Crippen MR) is 117 cm³/mol. The molecule has 0 unspecified atom stereocenters. The van der Waals surface area contributed by atoms with Crippen molar-refractivity contribution in [3.8, 4) is 11.5 Å². The van der Waals surface area contributed by atoms with Gasteiger partial charge in [0.15, 0.2) is 0 Å². The molecule has 3 rings (SSSR count). The lowest BCUT2D eigenvalue weighted by molar-refractivity contribution is -0.117. The minimum atomic E-state index is -0.257. The van der Waals surface area contributed by atoms with Crippen LogP contribution in [0.3, 0.4) is 0 Å². The van der Waals surface area contributed by atoms with Crippen LogP contribution < -0.4 is 20.1 Å². The van der Waals surface area contributed by atoms with E-state index >= 15 is 0 Å². The predicted octanol–water partition coefficient (Wildman–Crippen LogP) is 3.63. The highest BCUT2D eigenvalue weighted by molar-refractivity contribution is 6.05. The number of nitrogens with one attached hydrogen (secondary N) is 2. The minimum absolute atomic E-state index is 0.106. The Morgan fingerprint density at radius 1 is 0.967 bits per heavy atom. The Kier molecular flexibility index (Phi) is 7.30. The van der Waals surface area contributed by atoms with Crippen molar-refractivity contribution < 1.29 is 19.1 Å². The molecule has 2 amide bonds. The monoisotopic (exact) mass is 411 g/mol. The van der Waals surface area contributed by atoms with Crippen molar-refractivity contribution in [2.24, 2.45) is 5.92 Å². The third-order valence-corrected chi connectivity index (χ3v) is 5.32. The van der Waals surface area contributed by atoms with E-state index in [2.05, 4.69) is 22.5 Å². The maximum absolute atomic E-state index is 12.6. The fourth-order valence-corrected chi connectivity index (χ4v) is 3.49. The van der Waals surface area contributed by atoms with Crippen molar-refractivity contribution in [3.63, 3.8) is 0 Å². The molecule has 0 aliphatic carbocycles. The van der Waals surface area contributed by atoms with Gasteiger partial charge in [0.2, 0.25) is 5.91 Å². The molecule has 0 spiro atoms. The number of likely N-dealkylation sites (tertiary alicyclic amines) is 1. The first kappa shape index (κ1) is 21.6. The molecule has 1 aliphatic heterocycles. The zero-order chi connectivity index (χ0) is 21.5. The summed E-state index contributed by atoms with van der Waals surface area (Å²) >= 11 is 0. The molecule has 1 heterocycles. The molecular weight excluding hydrogens is 382 g/mol. The number of amides is 2. The molecule has 0 aromatic heterocycles. The van der Waals surface area contributed by atoms with Crippen LogP contribution in [0.15, 0.2) is 42.5 Å². The molecule has 7 heteroatoms. The summed E-state index contributed by atoms with van der Waals surface area (Å²) in [6.07, 6.45) is 2.22. The maximum Gasteiger partial charge on any atom is 0.255 e. The van der Waals surface area contributed by atoms with E-state index in [0.29, 0.717) is 40.9 Å². The molecule has 0 radical (unpaired) electrons. The van der Waals surface area contributed by atoms with Gasteiger partial charge < -0.3 is 20.1 Å². The van der Waals surface area contributed by atoms with Gasteiger partial charge in [-0.05, 0) is 44.0 Å². The summed E-state index contributed by atoms with van der Waals surface area (Å²) in [5.74, 6) is 1.23. The third kappa shape index (κ3) is 5.51. The molecule has 1 fully saturated rings. The Morgan fingerprint density at radius 3 is 2.10 bits per heavy atom. The summed E-state index contributed by atoms with van der Waals surface area (Å²) in [5.41, 5.74) is 1.50. The first-order valence-corrected chi connectivity index (χ1v) is 10.1. The first-order valence-electron chi connectivity index (χ1n) is 10.1. The number of ether oxygens (including phenoxy) is 2. The van der Waals surface area contributed by atoms with Crippen molar-refractivity contribution in [2.45, 2.75) is 19.8 Å². The zero-order valence-electron chi connectivity index (χ0n) is 17.7. The van der Waals surface area contributed by atoms with Gasteiger partial charge in [0.05, 0.1) is 32.1 Å². The highest BCUT2D eigenvalue weighted by Crippen LogP contribution is 2.36. The van der Waals surface area contributed by atoms with E-state index in [9.17, 15) is 9.59 Å². The highest BCUT2D eigenvalue weighted by Gasteiger charge is 2.20. The van der Waals surface area contributed by atoms with Crippen LogP contribution >= 0.6 is 0 Å². The van der Waals surface area contributed by atoms with Crippen molar-refractivity contribution in [1.82, 2.24) is 4.90 Å². The van der Waals surface area contributed by atoms with Gasteiger partial charge in [-0.25, -0.2) is 0 Å². The number of hydrogen-bond donors (Lipinski definition) is 2. The largest absolute Gasteiger partial charge is 0.494 e. The van der Waals surface area contributed by atoms with Crippen LogP contribution in [-0.2, 0) is 4.79 Å². The molecule has 160 valence electrons. The second-order valence-corrected chi connectivity index (χ2v) is 7.58. The first-order chi connectivity index (χ1) is 14.5. The van der Waals surface area contributed by atoms with Gasteiger partial charge in [-0.3, -0.25) is 14.5 Å². The number of nitrogens with zero attached hydrogens (tertiary/aromatic N) is 1. The fourth-order valence-electron chi connectivity index (χ4n) is 3.49. The van der Waals surface area contributed by atoms with E-state index in [4.69, 9.17) is 9.47 Å². The van der Waals surface area contributed by atoms with Gasteiger partial charge in [-0.15, -0.1) is 0 Å². The Morgan fingerprint density at radius 2 is 1.53 bits per heavy atom. The quantitative estimate of drug-likeness (QED) is 0.727. The van der Waals surface area contributed by atoms with Crippen LogP contribution in [0, 0.1) is 5.92 Å². The lowest BCUT2D eigenvalue weighted by Gasteiger charge is -2.29. The summed E-state index contributed by atoms with van der Waals surface area (Å²) in [6, 6.07) is 12.2. The molecule has 2 N–H and O–H groups in total. The zero-order valence-corrected chi connectivity index (χ0v) is 17.7. The normalized spacial score (nSPS) is 14.8. The average molecular weight is 412 g/mol. The van der Waals surface area contributed by atoms with Crippen LogP contribution in [0.1, 0.15) is 30.1 Å². The van der Waals surface area contributed by atoms with E-state index < -0.39 is 0 Å². The minimum Gasteiger partial charge on any atom is -0.494 e. The number of piperidine rings is 1. The molecule has 2 aromatic rings. The van der Waals surface area contributed by atoms with Crippen molar-refractivity contribution in [3.05, 3.63) is 48.0 Å². The lowest BCUT2D eigenvalue weighted by Crippen LogP contribution is -2.38. The van der Waals surface area contributed by atoms with Gasteiger partial charge >= 0.3 is 0 Å². The third-order valence-electron chi connectivity index (χ3n) is 5.32. The molecule has 2 aromatic carbocycles. The Labute approximate surface area is 177 Å². The number of rotatable bonds is 7. The molecular formula is C23H29N3O4. The molecule has 30 heavy (non-hydrogen) atoms. The number of carbonyl (C=O) groups is 2. The standard InChI is InChI=1S/C23H29N3O4/c1-16-9-11-26(12-10-16)15-22(27)24-18-13-21(30-3)19(14-20(18)29-2)25-23(28)17-7-5-4-6-8-17/h4-8,13-14,16H,9-12,15H2,1-3H3,(H,24,27)(H,25,28). The summed E-state index contributed by atoms with van der Waals surface area (Å²) in [5, 5.41) is 5.75. The van der Waals surface area contributed by atoms with Crippen LogP contribution in [0.4, 0.5) is 11.4 Å². The smallest absolute Gasteiger partial charge is 0.255 e. The summed E-state index contributed by atoms with van der Waals surface area (Å²) in [7, 11) is 3.03. The lowest BCUT2D eigenvalue weighted by atomic mass is 9.99. The Hall–Kier alpha value is -3.06. The summed E-state index contributed by atoms with van der Waals surface area (Å²) in [6.45, 7) is 4.44. The van der Waals surface area contributed by atoms with E-state index in [1.165, 1.54) is 14.2 Å². The van der Waals surface area contributed by atoms with Gasteiger partial charge in [-0.2, -0.15) is 0 Å². The summed E-state index contributed by atoms with van der Waals surface area (Å²) < 4.78 is 10.9. The number of carbonyl (C=O) groups excluding carboxylic acids is 2. The topological polar surface area (TPSA) is 79.9 Å². The van der Waals surface area contributed by atoms with E-state index in [1.807, 2.05) is 6.07 Å². The van der Waals surface area contributed by atoms with E-state index in [1.54, 1.807) is 36.4 Å². The maximum atomic E-state index is 12.6. The van der Waals surface area contributed by atoms with E-state index in [-0.39, 0.29) is 11.8 Å². The van der Waals surface area contributed by atoms with Crippen LogP contribution in [-0.4, -0.2) is 50.6 Å².